The number of methoxy groups -OCH3 is 4. The second-order valence-electron chi connectivity index (χ2n) is 36.6. The van der Waals surface area contributed by atoms with E-state index in [0.29, 0.717) is 106 Å². The Morgan fingerprint density at radius 1 is 0.371 bits per heavy atom. The molecule has 27 nitrogen and oxygen atoms in total. The number of carboxylic acid groups (broad SMARTS) is 2. The number of aliphatic hydroxyl groups is 2. The van der Waals surface area contributed by atoms with Gasteiger partial charge in [0.25, 0.3) is 23.6 Å². The number of benzene rings is 10. The molecule has 3 aliphatic rings. The van der Waals surface area contributed by atoms with Crippen LogP contribution < -0.4 is 41.7 Å². The minimum atomic E-state index is -1.83. The third kappa shape index (κ3) is 30.2. The fourth-order valence-corrected chi connectivity index (χ4v) is 18.0. The van der Waals surface area contributed by atoms with Crippen LogP contribution in [0.4, 0.5) is 67.5 Å². The van der Waals surface area contributed by atoms with Crippen LogP contribution in [-0.4, -0.2) is 176 Å². The number of nitrogens with two attached hydrogens (primary N) is 1. The Labute approximate surface area is 848 Å². The molecule has 10 aromatic carbocycles. The molecule has 13 rings (SSSR count). The van der Waals surface area contributed by atoms with Crippen LogP contribution in [0, 0.1) is 116 Å². The summed E-state index contributed by atoms with van der Waals surface area (Å²) in [6, 6.07) is 38.2. The van der Waals surface area contributed by atoms with Crippen LogP contribution in [0.1, 0.15) is 219 Å². The molecule has 0 aliphatic carbocycles. The van der Waals surface area contributed by atoms with Gasteiger partial charge in [-0.05, 0) is 321 Å². The van der Waals surface area contributed by atoms with E-state index in [4.69, 9.17) is 29.5 Å². The largest absolute Gasteiger partial charge is 0.478 e. The van der Waals surface area contributed by atoms with Crippen molar-refractivity contribution in [3.63, 3.8) is 0 Å². The number of nitrogens with one attached hydrogen (secondary N) is 4. The molecule has 3 aliphatic heterocycles. The highest BCUT2D eigenvalue weighted by Gasteiger charge is 2.39. The molecule has 0 spiro atoms. The van der Waals surface area contributed by atoms with Crippen LogP contribution in [0.2, 0.25) is 18.1 Å². The fourth-order valence-electron chi connectivity index (χ4n) is 16.2. The summed E-state index contributed by atoms with van der Waals surface area (Å²) >= 11 is 6.25. The lowest BCUT2D eigenvalue weighted by Crippen LogP contribution is -2.44. The maximum Gasteiger partial charge on any atom is 0.338 e. The second kappa shape index (κ2) is 52.2. The highest BCUT2D eigenvalue weighted by Crippen LogP contribution is 2.40. The Hall–Kier alpha value is -13.2. The van der Waals surface area contributed by atoms with Crippen LogP contribution >= 0.6 is 31.9 Å². The normalized spacial score (nSPS) is 14.3. The average molecular weight is 2120 g/mol. The predicted molar refractivity (Wildman–Crippen MR) is 555 cm³/mol. The number of piperidine rings is 3. The van der Waals surface area contributed by atoms with E-state index in [-0.39, 0.29) is 69.4 Å². The average Bonchev–Trinajstić information content (AvgIpc) is 0.802. The van der Waals surface area contributed by atoms with E-state index in [1.165, 1.54) is 89.1 Å². The standard InChI is InChI=1S/C29H41FN2O4Si.C23H27FN2O4.C22H25FN2O4.C17H15BrFNO3.C10H13NO2.C7H4BrFO2/c1-19-11-13-23(28(34)35-6)20(2)26(19)31-27(33)24-16-22(12-14-25(24)30)32-15-9-10-21(17-32)18-36-37(7,8)29(3,4)5;1-14-6-8-18(23(29)30-3)15(2)21(14)25-22(28)19-11-17(7-9-20(19)24)26-10-4-5-16(12-26)13-27;1-13-5-7-17(22(28)29)14(2)20(13)24-21(27)18-10-16(6-8-19(18)23)25-9-3-4-15(11-25)12-26;1-9-4-6-12(17(22)23-3)10(2)15(9)20-16(21)13-8-11(18)5-7-14(13)19;1-6-4-5-8(10(12)13-3)7(2)9(6)11;8-4-1-2-6(9)5(3-4)7(10)11/h11-14,16,21H,9-10,15,17-18H2,1-8H3,(H,31,33);6-9,11,16,27H,4-5,10,12-13H2,1-3H3,(H,25,28);5-8,10,15,26H,3-4,9,11-12H2,1-2H3,(H,24,27)(H,28,29);4-8H,1-3H3,(H,20,21);4-5H,11H2,1-3H3;1-3H,(H,10,11). The molecule has 3 fully saturated rings. The quantitative estimate of drug-likeness (QED) is 0.0100. The monoisotopic (exact) mass is 2120 g/mol. The van der Waals surface area contributed by atoms with E-state index in [0.717, 1.165) is 122 Å². The predicted octanol–water partition coefficient (Wildman–Crippen LogP) is 22.2. The van der Waals surface area contributed by atoms with Crippen molar-refractivity contribution in [1.29, 1.82) is 0 Å². The van der Waals surface area contributed by atoms with Crippen LogP contribution in [0.5, 0.6) is 0 Å². The van der Waals surface area contributed by atoms with Crippen LogP contribution in [-0.2, 0) is 23.4 Å². The number of rotatable bonds is 22. The summed E-state index contributed by atoms with van der Waals surface area (Å²) in [4.78, 5) is 126. The fraction of sp³-hybridized carbons (Fsp3) is 0.352. The number of halogens is 7. The number of hydrogen-bond donors (Lipinski definition) is 9. The molecule has 0 saturated carbocycles. The lowest BCUT2D eigenvalue weighted by Gasteiger charge is -2.40. The van der Waals surface area contributed by atoms with E-state index in [1.54, 1.807) is 127 Å². The van der Waals surface area contributed by atoms with E-state index >= 15 is 0 Å². The number of nitrogen functional groups attached to an aromatic ring is 1. The number of ether oxygens (including phenoxy) is 4. The first-order valence-electron chi connectivity index (χ1n) is 46.2. The number of amides is 4. The zero-order chi connectivity index (χ0) is 106. The Balaban J connectivity index is 0.000000218. The van der Waals surface area contributed by atoms with Crippen molar-refractivity contribution >= 4 is 145 Å². The van der Waals surface area contributed by atoms with Gasteiger partial charge in [-0.25, -0.2) is 50.7 Å². The van der Waals surface area contributed by atoms with Crippen molar-refractivity contribution < 1.29 is 114 Å². The van der Waals surface area contributed by atoms with E-state index in [9.17, 15) is 85.2 Å². The summed E-state index contributed by atoms with van der Waals surface area (Å²) in [5.74, 6) is -9.00. The lowest BCUT2D eigenvalue weighted by atomic mass is 9.98. The van der Waals surface area contributed by atoms with E-state index in [2.05, 4.69) is 102 Å². The number of aliphatic hydroxyl groups excluding tert-OH is 2. The molecule has 764 valence electrons. The molecule has 35 heteroatoms. The molecule has 0 radical (unpaired) electrons. The SMILES string of the molecule is COC(=O)c1ccc(C)c(N)c1C.COC(=O)c1ccc(C)c(NC(=O)c2cc(Br)ccc2F)c1C.COC(=O)c1ccc(C)c(NC(=O)c2cc(N3CCCC(CO)C3)ccc2F)c1C.COC(=O)c1ccc(C)c(NC(=O)c2cc(N3CCCC(CO[Si](C)(C)C(C)(C)C)C3)ccc2F)c1C.Cc1ccc(C(=O)O)c(C)c1NC(=O)c1cc(N2CCCC(CO)C2)ccc1F.O=C(O)c1cc(Br)ccc1F. The van der Waals surface area contributed by atoms with Gasteiger partial charge in [0.15, 0.2) is 8.32 Å². The Kier molecular flexibility index (Phi) is 42.0. The third-order valence-corrected chi connectivity index (χ3v) is 31.3. The van der Waals surface area contributed by atoms with Crippen LogP contribution in [0.15, 0.2) is 161 Å². The van der Waals surface area contributed by atoms with Gasteiger partial charge in [0.2, 0.25) is 0 Å². The number of aryl methyl sites for hydroxylation is 5. The molecular weight excluding hydrogens is 2000 g/mol. The highest BCUT2D eigenvalue weighted by molar-refractivity contribution is 9.10. The Morgan fingerprint density at radius 3 is 0.923 bits per heavy atom. The van der Waals surface area contributed by atoms with Gasteiger partial charge < -0.3 is 85.5 Å². The minimum Gasteiger partial charge on any atom is -0.478 e. The number of carbonyl (C=O) groups excluding carboxylic acids is 8. The summed E-state index contributed by atoms with van der Waals surface area (Å²) < 4.78 is 96.8. The summed E-state index contributed by atoms with van der Waals surface area (Å²) in [5, 5.41) is 47.7. The van der Waals surface area contributed by atoms with Gasteiger partial charge in [0, 0.05) is 114 Å². The van der Waals surface area contributed by atoms with Gasteiger partial charge in [-0.1, -0.05) is 83.0 Å². The van der Waals surface area contributed by atoms with Crippen molar-refractivity contribution in [2.75, 3.05) is 129 Å². The number of carboxylic acids is 2. The second-order valence-corrected chi connectivity index (χ2v) is 43.3. The number of nitrogens with zero attached hydrogens (tertiary/aromatic N) is 3. The first-order chi connectivity index (χ1) is 67.4. The molecule has 10 N–H and O–H groups in total. The maximum absolute atomic E-state index is 14.8. The molecule has 143 heavy (non-hydrogen) atoms. The molecule has 3 saturated heterocycles. The molecule has 3 atom stereocenters. The molecule has 10 aromatic rings. The number of anilines is 8. The molecule has 4 amide bonds. The van der Waals surface area contributed by atoms with Crippen molar-refractivity contribution in [3.8, 4) is 0 Å². The van der Waals surface area contributed by atoms with Crippen molar-refractivity contribution in [3.05, 3.63) is 301 Å². The number of esters is 4. The van der Waals surface area contributed by atoms with Crippen molar-refractivity contribution in [1.82, 2.24) is 0 Å². The van der Waals surface area contributed by atoms with Crippen molar-refractivity contribution in [2.45, 2.75) is 147 Å². The lowest BCUT2D eigenvalue weighted by molar-refractivity contribution is 0.0591. The summed E-state index contributed by atoms with van der Waals surface area (Å²) in [7, 11) is 3.42. The number of carbonyl (C=O) groups is 10. The van der Waals surface area contributed by atoms with Gasteiger partial charge in [-0.3, -0.25) is 19.2 Å². The highest BCUT2D eigenvalue weighted by atomic mass is 79.9. The zero-order valence-corrected chi connectivity index (χ0v) is 87.9. The van der Waals surface area contributed by atoms with Gasteiger partial charge >= 0.3 is 35.8 Å². The minimum absolute atomic E-state index is 0.0283. The molecule has 0 aromatic heterocycles. The Bertz CT molecular complexity index is 6380. The Morgan fingerprint density at radius 2 is 0.629 bits per heavy atom. The smallest absolute Gasteiger partial charge is 0.338 e. The number of hydrogen-bond acceptors (Lipinski definition) is 21. The summed E-state index contributed by atoms with van der Waals surface area (Å²) in [6.45, 7) is 34.4. The molecule has 3 heterocycles. The van der Waals surface area contributed by atoms with Crippen LogP contribution in [0.3, 0.4) is 0 Å². The van der Waals surface area contributed by atoms with Gasteiger partial charge in [0.05, 0.1) is 84.1 Å². The molecule has 0 bridgehead atoms. The van der Waals surface area contributed by atoms with E-state index < -0.39 is 90.9 Å². The van der Waals surface area contributed by atoms with Gasteiger partial charge in [0.1, 0.15) is 29.1 Å². The molecular formula is C108H125Br2F5N8O19Si. The topological polar surface area (TPSA) is 382 Å². The maximum atomic E-state index is 14.8. The summed E-state index contributed by atoms with van der Waals surface area (Å²) in [6.07, 6.45) is 5.86. The third-order valence-electron chi connectivity index (χ3n) is 25.8. The first-order valence-corrected chi connectivity index (χ1v) is 50.7. The van der Waals surface area contributed by atoms with Gasteiger partial charge in [-0.15, -0.1) is 0 Å². The molecule has 3 unspecified atom stereocenters. The summed E-state index contributed by atoms with van der Waals surface area (Å²) in [5.41, 5.74) is 18.5. The zero-order valence-electron chi connectivity index (χ0n) is 83.7. The van der Waals surface area contributed by atoms with Gasteiger partial charge in [-0.2, -0.15) is 0 Å². The van der Waals surface area contributed by atoms with Crippen molar-refractivity contribution in [2.24, 2.45) is 17.8 Å². The van der Waals surface area contributed by atoms with E-state index in [1.807, 2.05) is 31.7 Å². The first kappa shape index (κ1) is 115. The number of aromatic carboxylic acids is 2. The van der Waals surface area contributed by atoms with Crippen LogP contribution in [0.25, 0.3) is 0 Å².